The van der Waals surface area contributed by atoms with E-state index in [0.717, 1.165) is 16.7 Å². The lowest BCUT2D eigenvalue weighted by molar-refractivity contribution is -0.135. The van der Waals surface area contributed by atoms with E-state index in [-0.39, 0.29) is 13.2 Å². The van der Waals surface area contributed by atoms with Gasteiger partial charge in [-0.1, -0.05) is 91.0 Å². The van der Waals surface area contributed by atoms with Crippen LogP contribution in [0.25, 0.3) is 0 Å². The molecule has 3 amide bonds. The van der Waals surface area contributed by atoms with Gasteiger partial charge in [-0.25, -0.2) is 4.79 Å². The molecule has 5 N–H and O–H groups in total. The molecule has 3 rings (SSSR count). The predicted molar refractivity (Wildman–Crippen MR) is 127 cm³/mol. The molecule has 1 atom stereocenters. The number of hydrogen-bond donors (Lipinski definition) is 4. The topological polar surface area (TPSA) is 131 Å². The first-order valence-electron chi connectivity index (χ1n) is 10.8. The van der Waals surface area contributed by atoms with Crippen LogP contribution in [0.2, 0.25) is 0 Å². The number of rotatable bonds is 10. The first kappa shape index (κ1) is 24.5. The minimum atomic E-state index is -1.45. The second-order valence-electron chi connectivity index (χ2n) is 7.54. The molecule has 0 spiro atoms. The van der Waals surface area contributed by atoms with E-state index in [0.29, 0.717) is 0 Å². The third-order valence-electron chi connectivity index (χ3n) is 5.28. The lowest BCUT2D eigenvalue weighted by Crippen LogP contribution is -2.50. The molecule has 8 heteroatoms. The molecule has 34 heavy (non-hydrogen) atoms. The molecule has 0 heterocycles. The molecule has 0 aliphatic heterocycles. The Labute approximate surface area is 197 Å². The monoisotopic (exact) mass is 461 g/mol. The zero-order valence-corrected chi connectivity index (χ0v) is 18.5. The highest BCUT2D eigenvalue weighted by Gasteiger charge is 2.39. The number of amides is 3. The second kappa shape index (κ2) is 11.6. The maximum absolute atomic E-state index is 13.4. The Balaban J connectivity index is 2.04. The Morgan fingerprint density at radius 3 is 1.65 bits per heavy atom. The summed E-state index contributed by atoms with van der Waals surface area (Å²) in [6, 6.07) is 28.4. The number of aliphatic hydroxyl groups excluding tert-OH is 1. The molecular formula is C26H27N3O5. The molecule has 0 radical (unpaired) electrons. The van der Waals surface area contributed by atoms with Gasteiger partial charge >= 0.3 is 6.09 Å². The van der Waals surface area contributed by atoms with E-state index in [1.807, 2.05) is 91.0 Å². The van der Waals surface area contributed by atoms with Crippen LogP contribution in [-0.2, 0) is 19.9 Å². The molecule has 8 nitrogen and oxygen atoms in total. The van der Waals surface area contributed by atoms with Gasteiger partial charge in [0.05, 0.1) is 13.0 Å². The van der Waals surface area contributed by atoms with Gasteiger partial charge in [0.25, 0.3) is 5.91 Å². The average molecular weight is 462 g/mol. The van der Waals surface area contributed by atoms with Crippen molar-refractivity contribution in [2.24, 2.45) is 5.73 Å². The lowest BCUT2D eigenvalue weighted by atomic mass is 9.77. The van der Waals surface area contributed by atoms with Crippen molar-refractivity contribution in [1.82, 2.24) is 10.6 Å². The standard InChI is InChI=1S/C26H27N3O5/c27-25(33)34-22(24(32)28-16-17-30)18-23(31)29-26(19-10-4-1-5-11-19,20-12-6-2-7-13-20)21-14-8-3-9-15-21/h1-15,22,30H,16-18H2,(H2,27,33)(H,28,32)(H,29,31). The largest absolute Gasteiger partial charge is 0.436 e. The van der Waals surface area contributed by atoms with Crippen molar-refractivity contribution in [3.8, 4) is 0 Å². The van der Waals surface area contributed by atoms with E-state index in [4.69, 9.17) is 15.6 Å². The Kier molecular flexibility index (Phi) is 8.37. The summed E-state index contributed by atoms with van der Waals surface area (Å²) in [7, 11) is 0. The van der Waals surface area contributed by atoms with Crippen LogP contribution in [0.4, 0.5) is 4.79 Å². The van der Waals surface area contributed by atoms with E-state index in [1.165, 1.54) is 0 Å². The number of hydrogen-bond acceptors (Lipinski definition) is 5. The van der Waals surface area contributed by atoms with Gasteiger partial charge in [0, 0.05) is 6.54 Å². The maximum Gasteiger partial charge on any atom is 0.405 e. The summed E-state index contributed by atoms with van der Waals surface area (Å²) in [6.07, 6.45) is -3.10. The number of aliphatic hydroxyl groups is 1. The SMILES string of the molecule is NC(=O)OC(CC(=O)NC(c1ccccc1)(c1ccccc1)c1ccccc1)C(=O)NCCO. The Morgan fingerprint density at radius 2 is 1.26 bits per heavy atom. The summed E-state index contributed by atoms with van der Waals surface area (Å²) in [5.74, 6) is -1.27. The number of nitrogens with two attached hydrogens (primary N) is 1. The highest BCUT2D eigenvalue weighted by molar-refractivity contribution is 5.89. The Morgan fingerprint density at radius 1 is 0.824 bits per heavy atom. The zero-order chi connectivity index (χ0) is 24.4. The van der Waals surface area contributed by atoms with Crippen molar-refractivity contribution in [2.45, 2.75) is 18.1 Å². The van der Waals surface area contributed by atoms with Crippen LogP contribution in [-0.4, -0.2) is 42.3 Å². The van der Waals surface area contributed by atoms with Crippen LogP contribution in [0, 0.1) is 0 Å². The summed E-state index contributed by atoms with van der Waals surface area (Å²) in [5.41, 5.74) is 6.44. The molecule has 0 fully saturated rings. The fourth-order valence-corrected chi connectivity index (χ4v) is 3.83. The number of carbonyl (C=O) groups excluding carboxylic acids is 3. The van der Waals surface area contributed by atoms with E-state index in [1.54, 1.807) is 0 Å². The summed E-state index contributed by atoms with van der Waals surface area (Å²) in [5, 5.41) is 14.5. The highest BCUT2D eigenvalue weighted by Crippen LogP contribution is 2.36. The van der Waals surface area contributed by atoms with Crippen molar-refractivity contribution in [3.05, 3.63) is 108 Å². The molecule has 0 saturated heterocycles. The maximum atomic E-state index is 13.4. The van der Waals surface area contributed by atoms with E-state index >= 15 is 0 Å². The van der Waals surface area contributed by atoms with Gasteiger partial charge in [0.15, 0.2) is 6.10 Å². The van der Waals surface area contributed by atoms with Crippen LogP contribution in [0.5, 0.6) is 0 Å². The summed E-state index contributed by atoms with van der Waals surface area (Å²) in [4.78, 5) is 37.1. The minimum Gasteiger partial charge on any atom is -0.436 e. The van der Waals surface area contributed by atoms with Crippen molar-refractivity contribution in [2.75, 3.05) is 13.2 Å². The number of carbonyl (C=O) groups is 3. The first-order valence-corrected chi connectivity index (χ1v) is 10.8. The molecule has 3 aromatic carbocycles. The molecule has 3 aromatic rings. The normalized spacial score (nSPS) is 11.8. The fraction of sp³-hybridized carbons (Fsp3) is 0.192. The van der Waals surface area contributed by atoms with Crippen molar-refractivity contribution in [1.29, 1.82) is 0 Å². The van der Waals surface area contributed by atoms with Crippen LogP contribution >= 0.6 is 0 Å². The number of primary amides is 1. The van der Waals surface area contributed by atoms with Crippen LogP contribution in [0.1, 0.15) is 23.1 Å². The summed E-state index contributed by atoms with van der Waals surface area (Å²) in [6.45, 7) is -0.360. The van der Waals surface area contributed by atoms with Crippen molar-refractivity contribution in [3.63, 3.8) is 0 Å². The molecule has 0 aromatic heterocycles. The van der Waals surface area contributed by atoms with Gasteiger partial charge in [0.1, 0.15) is 5.54 Å². The Hall–Kier alpha value is -4.17. The molecule has 0 bridgehead atoms. The third-order valence-corrected chi connectivity index (χ3v) is 5.28. The second-order valence-corrected chi connectivity index (χ2v) is 7.54. The molecule has 0 saturated carbocycles. The average Bonchev–Trinajstić information content (AvgIpc) is 2.86. The van der Waals surface area contributed by atoms with Gasteiger partial charge in [-0.15, -0.1) is 0 Å². The van der Waals surface area contributed by atoms with Gasteiger partial charge < -0.3 is 26.2 Å². The van der Waals surface area contributed by atoms with Crippen molar-refractivity contribution >= 4 is 17.9 Å². The first-order chi connectivity index (χ1) is 16.5. The van der Waals surface area contributed by atoms with Gasteiger partial charge in [0.2, 0.25) is 5.91 Å². The van der Waals surface area contributed by atoms with Crippen LogP contribution in [0.15, 0.2) is 91.0 Å². The van der Waals surface area contributed by atoms with Gasteiger partial charge in [-0.3, -0.25) is 9.59 Å². The van der Waals surface area contributed by atoms with Gasteiger partial charge in [-0.2, -0.15) is 0 Å². The third kappa shape index (κ3) is 5.79. The molecule has 0 aliphatic carbocycles. The number of ether oxygens (including phenoxy) is 1. The molecule has 176 valence electrons. The van der Waals surface area contributed by atoms with Crippen LogP contribution in [0.3, 0.4) is 0 Å². The fourth-order valence-electron chi connectivity index (χ4n) is 3.83. The zero-order valence-electron chi connectivity index (χ0n) is 18.5. The van der Waals surface area contributed by atoms with E-state index < -0.39 is 36.0 Å². The highest BCUT2D eigenvalue weighted by atomic mass is 16.6. The summed E-state index contributed by atoms with van der Waals surface area (Å²) >= 11 is 0. The molecular weight excluding hydrogens is 434 g/mol. The predicted octanol–water partition coefficient (Wildman–Crippen LogP) is 2.06. The smallest absolute Gasteiger partial charge is 0.405 e. The molecule has 0 aliphatic rings. The number of nitrogens with one attached hydrogen (secondary N) is 2. The Bertz CT molecular complexity index is 995. The van der Waals surface area contributed by atoms with E-state index in [9.17, 15) is 14.4 Å². The van der Waals surface area contributed by atoms with Gasteiger partial charge in [-0.05, 0) is 16.7 Å². The molecule has 1 unspecified atom stereocenters. The number of benzene rings is 3. The summed E-state index contributed by atoms with van der Waals surface area (Å²) < 4.78 is 4.90. The quantitative estimate of drug-likeness (QED) is 0.343. The van der Waals surface area contributed by atoms with Crippen molar-refractivity contribution < 1.29 is 24.2 Å². The lowest BCUT2D eigenvalue weighted by Gasteiger charge is -2.37. The van der Waals surface area contributed by atoms with E-state index in [2.05, 4.69) is 10.6 Å². The minimum absolute atomic E-state index is 0.0545. The van der Waals surface area contributed by atoms with Crippen LogP contribution < -0.4 is 16.4 Å².